The summed E-state index contributed by atoms with van der Waals surface area (Å²) in [7, 11) is 0. The van der Waals surface area contributed by atoms with Crippen molar-refractivity contribution in [1.29, 1.82) is 0 Å². The number of hydroxylamine groups is 1. The van der Waals surface area contributed by atoms with Crippen molar-refractivity contribution in [3.63, 3.8) is 0 Å². The van der Waals surface area contributed by atoms with Gasteiger partial charge in [0.15, 0.2) is 0 Å². The first kappa shape index (κ1) is 7.94. The Hall–Kier alpha value is -1.42. The fourth-order valence-corrected chi connectivity index (χ4v) is 1.78. The minimum absolute atomic E-state index is 0.0406. The molecule has 0 spiro atoms. The van der Waals surface area contributed by atoms with Gasteiger partial charge in [0.1, 0.15) is 6.17 Å². The van der Waals surface area contributed by atoms with Crippen LogP contribution in [0, 0.1) is 0 Å². The normalized spacial score (nSPS) is 25.2. The number of hydrogen-bond donors (Lipinski definition) is 2. The Morgan fingerprint density at radius 3 is 2.57 bits per heavy atom. The van der Waals surface area contributed by atoms with Crippen molar-refractivity contribution in [2.75, 3.05) is 0 Å². The van der Waals surface area contributed by atoms with Crippen LogP contribution in [-0.2, 0) is 0 Å². The standard InChI is InChI=1S/C11H10N2O/c14-13-11(12-13)10-7-3-5-8-4-1-2-6-9(8)10/h1-7,11-12,14H. The highest BCUT2D eigenvalue weighted by Crippen LogP contribution is 2.31. The smallest absolute Gasteiger partial charge is 0.141 e. The van der Waals surface area contributed by atoms with Gasteiger partial charge in [-0.15, -0.1) is 5.17 Å². The van der Waals surface area contributed by atoms with Crippen LogP contribution in [0.25, 0.3) is 10.8 Å². The summed E-state index contributed by atoms with van der Waals surface area (Å²) in [6.07, 6.45) is -0.0406. The van der Waals surface area contributed by atoms with Crippen molar-refractivity contribution in [2.45, 2.75) is 6.17 Å². The maximum Gasteiger partial charge on any atom is 0.141 e. The molecule has 2 N–H and O–H groups in total. The number of nitrogens with zero attached hydrogens (tertiary/aromatic N) is 1. The fraction of sp³-hybridized carbons (Fsp3) is 0.0909. The lowest BCUT2D eigenvalue weighted by atomic mass is 10.0. The van der Waals surface area contributed by atoms with E-state index in [4.69, 9.17) is 5.21 Å². The quantitative estimate of drug-likeness (QED) is 0.670. The first-order valence-corrected chi connectivity index (χ1v) is 4.58. The van der Waals surface area contributed by atoms with E-state index in [1.807, 2.05) is 24.3 Å². The molecule has 1 fully saturated rings. The molecule has 3 heteroatoms. The number of benzene rings is 2. The molecular formula is C11H10N2O. The lowest BCUT2D eigenvalue weighted by Gasteiger charge is -2.02. The lowest BCUT2D eigenvalue weighted by Crippen LogP contribution is -1.90. The molecule has 3 nitrogen and oxygen atoms in total. The van der Waals surface area contributed by atoms with Crippen molar-refractivity contribution in [3.05, 3.63) is 48.0 Å². The molecule has 2 aromatic carbocycles. The molecule has 1 heterocycles. The number of nitrogens with one attached hydrogen (secondary N) is 1. The molecule has 1 aliphatic heterocycles. The minimum atomic E-state index is -0.0406. The first-order valence-electron chi connectivity index (χ1n) is 4.58. The zero-order chi connectivity index (χ0) is 9.54. The SMILES string of the molecule is ON1NC1c1cccc2ccccc12. The van der Waals surface area contributed by atoms with Gasteiger partial charge < -0.3 is 0 Å². The molecule has 14 heavy (non-hydrogen) atoms. The molecule has 0 radical (unpaired) electrons. The summed E-state index contributed by atoms with van der Waals surface area (Å²) in [5, 5.41) is 12.7. The van der Waals surface area contributed by atoms with Gasteiger partial charge >= 0.3 is 0 Å². The maximum atomic E-state index is 9.16. The van der Waals surface area contributed by atoms with E-state index in [9.17, 15) is 0 Å². The average Bonchev–Trinajstić information content (AvgIpc) is 2.95. The van der Waals surface area contributed by atoms with Crippen molar-refractivity contribution in [3.8, 4) is 0 Å². The minimum Gasteiger partial charge on any atom is -0.297 e. The lowest BCUT2D eigenvalue weighted by molar-refractivity contribution is 0.00175. The van der Waals surface area contributed by atoms with Gasteiger partial charge in [-0.25, -0.2) is 5.43 Å². The number of rotatable bonds is 1. The van der Waals surface area contributed by atoms with Gasteiger partial charge in [0.25, 0.3) is 0 Å². The third kappa shape index (κ3) is 1.11. The summed E-state index contributed by atoms with van der Waals surface area (Å²) in [5.41, 5.74) is 3.95. The molecule has 0 aromatic heterocycles. The van der Waals surface area contributed by atoms with E-state index in [1.165, 1.54) is 10.8 Å². The van der Waals surface area contributed by atoms with Gasteiger partial charge in [-0.05, 0) is 16.3 Å². The van der Waals surface area contributed by atoms with Gasteiger partial charge in [-0.1, -0.05) is 42.5 Å². The van der Waals surface area contributed by atoms with Crippen LogP contribution in [0.15, 0.2) is 42.5 Å². The molecule has 0 amide bonds. The summed E-state index contributed by atoms with van der Waals surface area (Å²) >= 11 is 0. The molecule has 2 aromatic rings. The number of hydrazine groups is 1. The second kappa shape index (κ2) is 2.78. The molecule has 3 rings (SSSR count). The highest BCUT2D eigenvalue weighted by molar-refractivity contribution is 5.86. The highest BCUT2D eigenvalue weighted by Gasteiger charge is 2.34. The number of hydrogen-bond acceptors (Lipinski definition) is 3. The van der Waals surface area contributed by atoms with Gasteiger partial charge in [0.05, 0.1) is 0 Å². The van der Waals surface area contributed by atoms with Crippen molar-refractivity contribution >= 4 is 10.8 Å². The zero-order valence-corrected chi connectivity index (χ0v) is 7.51. The monoisotopic (exact) mass is 186 g/mol. The molecule has 0 aliphatic carbocycles. The van der Waals surface area contributed by atoms with Gasteiger partial charge in [0.2, 0.25) is 0 Å². The molecular weight excluding hydrogens is 176 g/mol. The first-order chi connectivity index (χ1) is 6.86. The van der Waals surface area contributed by atoms with Crippen LogP contribution in [0.4, 0.5) is 0 Å². The molecule has 2 unspecified atom stereocenters. The predicted molar refractivity (Wildman–Crippen MR) is 53.5 cm³/mol. The highest BCUT2D eigenvalue weighted by atomic mass is 16.6. The van der Waals surface area contributed by atoms with Crippen molar-refractivity contribution in [2.24, 2.45) is 0 Å². The van der Waals surface area contributed by atoms with Crippen LogP contribution in [0.2, 0.25) is 0 Å². The van der Waals surface area contributed by atoms with Gasteiger partial charge in [0, 0.05) is 0 Å². The molecule has 1 aliphatic rings. The van der Waals surface area contributed by atoms with Crippen molar-refractivity contribution in [1.82, 2.24) is 10.6 Å². The van der Waals surface area contributed by atoms with E-state index in [0.717, 1.165) is 10.7 Å². The second-order valence-corrected chi connectivity index (χ2v) is 3.44. The summed E-state index contributed by atoms with van der Waals surface area (Å²) in [5.74, 6) is 0. The summed E-state index contributed by atoms with van der Waals surface area (Å²) < 4.78 is 0. The third-order valence-electron chi connectivity index (χ3n) is 2.55. The predicted octanol–water partition coefficient (Wildman–Crippen LogP) is 2.05. The van der Waals surface area contributed by atoms with Gasteiger partial charge in [-0.3, -0.25) is 5.21 Å². The molecule has 1 saturated heterocycles. The second-order valence-electron chi connectivity index (χ2n) is 3.44. The largest absolute Gasteiger partial charge is 0.297 e. The van der Waals surface area contributed by atoms with Crippen molar-refractivity contribution < 1.29 is 5.21 Å². The Bertz CT molecular complexity index is 478. The van der Waals surface area contributed by atoms with Crippen LogP contribution < -0.4 is 5.43 Å². The number of fused-ring (bicyclic) bond motifs is 1. The van der Waals surface area contributed by atoms with Crippen LogP contribution in [0.5, 0.6) is 0 Å². The zero-order valence-electron chi connectivity index (χ0n) is 7.51. The van der Waals surface area contributed by atoms with E-state index in [2.05, 4.69) is 23.6 Å². The van der Waals surface area contributed by atoms with E-state index < -0.39 is 0 Å². The van der Waals surface area contributed by atoms with E-state index >= 15 is 0 Å². The van der Waals surface area contributed by atoms with E-state index in [-0.39, 0.29) is 6.17 Å². The summed E-state index contributed by atoms with van der Waals surface area (Å²) in [4.78, 5) is 0. The topological polar surface area (TPSA) is 45.2 Å². The van der Waals surface area contributed by atoms with Crippen LogP contribution in [0.1, 0.15) is 11.7 Å². The summed E-state index contributed by atoms with van der Waals surface area (Å²) in [6.45, 7) is 0. The van der Waals surface area contributed by atoms with Crippen LogP contribution in [-0.4, -0.2) is 10.4 Å². The van der Waals surface area contributed by atoms with E-state index in [1.54, 1.807) is 0 Å². The Kier molecular flexibility index (Phi) is 1.58. The Labute approximate surface area is 81.5 Å². The summed E-state index contributed by atoms with van der Waals surface area (Å²) in [6, 6.07) is 14.3. The molecule has 0 bridgehead atoms. The Morgan fingerprint density at radius 1 is 1.07 bits per heavy atom. The van der Waals surface area contributed by atoms with Crippen LogP contribution >= 0.6 is 0 Å². The van der Waals surface area contributed by atoms with Crippen LogP contribution in [0.3, 0.4) is 0 Å². The Balaban J connectivity index is 2.23. The van der Waals surface area contributed by atoms with Gasteiger partial charge in [-0.2, -0.15) is 0 Å². The maximum absolute atomic E-state index is 9.16. The molecule has 2 atom stereocenters. The average molecular weight is 186 g/mol. The molecule has 70 valence electrons. The van der Waals surface area contributed by atoms with E-state index in [0.29, 0.717) is 0 Å². The molecule has 0 saturated carbocycles. The Morgan fingerprint density at radius 2 is 1.79 bits per heavy atom. The third-order valence-corrected chi connectivity index (χ3v) is 2.55. The fourth-order valence-electron chi connectivity index (χ4n) is 1.78.